The number of rotatable bonds is 2. The van der Waals surface area contributed by atoms with Crippen LogP contribution >= 0.6 is 0 Å². The minimum atomic E-state index is -0.241. The molecule has 0 radical (unpaired) electrons. The van der Waals surface area contributed by atoms with Crippen LogP contribution in [0.1, 0.15) is 30.1 Å². The number of hydrogen-bond acceptors (Lipinski definition) is 3. The number of aliphatic hydroxyl groups is 1. The van der Waals surface area contributed by atoms with Gasteiger partial charge >= 0.3 is 0 Å². The molecule has 16 heavy (non-hydrogen) atoms. The first kappa shape index (κ1) is 11.1. The lowest BCUT2D eigenvalue weighted by atomic mass is 10.1. The Morgan fingerprint density at radius 1 is 1.50 bits per heavy atom. The van der Waals surface area contributed by atoms with Crippen LogP contribution < -0.4 is 4.90 Å². The molecule has 1 aromatic rings. The monoisotopic (exact) mass is 219 g/mol. The molecule has 3 nitrogen and oxygen atoms in total. The van der Waals surface area contributed by atoms with Crippen molar-refractivity contribution in [3.63, 3.8) is 0 Å². The van der Waals surface area contributed by atoms with E-state index in [9.17, 15) is 9.90 Å². The van der Waals surface area contributed by atoms with E-state index in [0.717, 1.165) is 30.6 Å². The molecule has 0 aromatic heterocycles. The van der Waals surface area contributed by atoms with Gasteiger partial charge in [0.25, 0.3) is 0 Å². The number of benzene rings is 1. The summed E-state index contributed by atoms with van der Waals surface area (Å²) in [4.78, 5) is 13.4. The van der Waals surface area contributed by atoms with E-state index < -0.39 is 0 Å². The van der Waals surface area contributed by atoms with Crippen LogP contribution in [0.3, 0.4) is 0 Å². The Labute approximate surface area is 95.7 Å². The molecule has 1 aliphatic heterocycles. The van der Waals surface area contributed by atoms with E-state index in [1.807, 2.05) is 24.3 Å². The highest BCUT2D eigenvalue weighted by Crippen LogP contribution is 2.21. The Bertz CT molecular complexity index is 389. The summed E-state index contributed by atoms with van der Waals surface area (Å²) in [6, 6.07) is 7.62. The molecule has 0 amide bonds. The molecule has 0 spiro atoms. The summed E-state index contributed by atoms with van der Waals surface area (Å²) >= 11 is 0. The third-order valence-electron chi connectivity index (χ3n) is 3.01. The summed E-state index contributed by atoms with van der Waals surface area (Å²) in [7, 11) is 0. The minimum Gasteiger partial charge on any atom is -0.391 e. The van der Waals surface area contributed by atoms with Crippen LogP contribution in [0.4, 0.5) is 5.69 Å². The third-order valence-corrected chi connectivity index (χ3v) is 3.01. The van der Waals surface area contributed by atoms with Gasteiger partial charge < -0.3 is 10.0 Å². The molecule has 0 bridgehead atoms. The van der Waals surface area contributed by atoms with Crippen molar-refractivity contribution in [2.45, 2.75) is 25.9 Å². The Morgan fingerprint density at radius 3 is 3.00 bits per heavy atom. The topological polar surface area (TPSA) is 40.5 Å². The smallest absolute Gasteiger partial charge is 0.159 e. The van der Waals surface area contributed by atoms with E-state index in [1.165, 1.54) is 0 Å². The summed E-state index contributed by atoms with van der Waals surface area (Å²) < 4.78 is 0. The zero-order valence-corrected chi connectivity index (χ0v) is 9.52. The number of piperidine rings is 1. The van der Waals surface area contributed by atoms with E-state index >= 15 is 0 Å². The van der Waals surface area contributed by atoms with Gasteiger partial charge in [-0.2, -0.15) is 0 Å². The molecule has 3 heteroatoms. The first-order valence-electron chi connectivity index (χ1n) is 5.71. The van der Waals surface area contributed by atoms with Crippen molar-refractivity contribution in [3.05, 3.63) is 29.8 Å². The van der Waals surface area contributed by atoms with Gasteiger partial charge in [0, 0.05) is 24.3 Å². The minimum absolute atomic E-state index is 0.0828. The van der Waals surface area contributed by atoms with Crippen LogP contribution in [0.25, 0.3) is 0 Å². The summed E-state index contributed by atoms with van der Waals surface area (Å²) in [5, 5.41) is 9.61. The van der Waals surface area contributed by atoms with Gasteiger partial charge in [0.15, 0.2) is 5.78 Å². The molecule has 2 rings (SSSR count). The van der Waals surface area contributed by atoms with Crippen LogP contribution in [0.15, 0.2) is 24.3 Å². The van der Waals surface area contributed by atoms with Crippen molar-refractivity contribution in [1.82, 2.24) is 0 Å². The fourth-order valence-electron chi connectivity index (χ4n) is 2.11. The van der Waals surface area contributed by atoms with E-state index in [4.69, 9.17) is 0 Å². The first-order chi connectivity index (χ1) is 7.66. The van der Waals surface area contributed by atoms with E-state index in [-0.39, 0.29) is 11.9 Å². The highest BCUT2D eigenvalue weighted by molar-refractivity contribution is 5.94. The number of aliphatic hydroxyl groups excluding tert-OH is 1. The lowest BCUT2D eigenvalue weighted by Crippen LogP contribution is -2.38. The van der Waals surface area contributed by atoms with Crippen molar-refractivity contribution in [3.8, 4) is 0 Å². The maximum Gasteiger partial charge on any atom is 0.159 e. The fourth-order valence-corrected chi connectivity index (χ4v) is 2.11. The van der Waals surface area contributed by atoms with Crippen molar-refractivity contribution in [1.29, 1.82) is 0 Å². The summed E-state index contributed by atoms with van der Waals surface area (Å²) in [5.41, 5.74) is 1.77. The van der Waals surface area contributed by atoms with Crippen LogP contribution in [0.5, 0.6) is 0 Å². The molecule has 1 unspecified atom stereocenters. The molecule has 86 valence electrons. The van der Waals surface area contributed by atoms with Crippen molar-refractivity contribution >= 4 is 11.5 Å². The Kier molecular flexibility index (Phi) is 3.25. The van der Waals surface area contributed by atoms with Gasteiger partial charge in [0.05, 0.1) is 6.10 Å². The number of Topliss-reactive ketones (excluding diaryl/α,β-unsaturated/α-hetero) is 1. The molecule has 1 saturated heterocycles. The second-order valence-corrected chi connectivity index (χ2v) is 4.35. The number of hydrogen-bond donors (Lipinski definition) is 1. The average Bonchev–Trinajstić information content (AvgIpc) is 2.29. The molecule has 0 saturated carbocycles. The van der Waals surface area contributed by atoms with Gasteiger partial charge in [0.1, 0.15) is 0 Å². The molecule has 1 heterocycles. The van der Waals surface area contributed by atoms with Crippen molar-refractivity contribution in [2.24, 2.45) is 0 Å². The van der Waals surface area contributed by atoms with E-state index in [1.54, 1.807) is 6.92 Å². The Hall–Kier alpha value is -1.35. The fraction of sp³-hybridized carbons (Fsp3) is 0.462. The van der Waals surface area contributed by atoms with E-state index in [2.05, 4.69) is 4.90 Å². The second kappa shape index (κ2) is 4.66. The molecule has 1 fully saturated rings. The number of carbonyl (C=O) groups excluding carboxylic acids is 1. The predicted octanol–water partition coefficient (Wildman–Crippen LogP) is 1.85. The van der Waals surface area contributed by atoms with Crippen molar-refractivity contribution < 1.29 is 9.90 Å². The Morgan fingerprint density at radius 2 is 2.31 bits per heavy atom. The number of anilines is 1. The van der Waals surface area contributed by atoms with E-state index in [0.29, 0.717) is 6.54 Å². The average molecular weight is 219 g/mol. The molecule has 1 N–H and O–H groups in total. The quantitative estimate of drug-likeness (QED) is 0.772. The van der Waals surface area contributed by atoms with Gasteiger partial charge in [-0.3, -0.25) is 4.79 Å². The van der Waals surface area contributed by atoms with Crippen molar-refractivity contribution in [2.75, 3.05) is 18.0 Å². The number of β-amino-alcohol motifs (C(OH)–C–C–N with tert-alkyl or cyclic N) is 1. The van der Waals surface area contributed by atoms with Crippen LogP contribution in [0.2, 0.25) is 0 Å². The second-order valence-electron chi connectivity index (χ2n) is 4.35. The highest BCUT2D eigenvalue weighted by atomic mass is 16.3. The maximum absolute atomic E-state index is 11.3. The van der Waals surface area contributed by atoms with Gasteiger partial charge in [-0.1, -0.05) is 12.1 Å². The summed E-state index contributed by atoms with van der Waals surface area (Å²) in [6.07, 6.45) is 1.64. The van der Waals surface area contributed by atoms with Gasteiger partial charge in [0.2, 0.25) is 0 Å². The predicted molar refractivity (Wildman–Crippen MR) is 63.9 cm³/mol. The number of carbonyl (C=O) groups is 1. The van der Waals surface area contributed by atoms with Crippen LogP contribution in [-0.2, 0) is 0 Å². The van der Waals surface area contributed by atoms with Crippen LogP contribution in [0, 0.1) is 0 Å². The largest absolute Gasteiger partial charge is 0.391 e. The first-order valence-corrected chi connectivity index (χ1v) is 5.71. The van der Waals surface area contributed by atoms with Gasteiger partial charge in [-0.05, 0) is 31.9 Å². The normalized spacial score (nSPS) is 20.9. The summed E-state index contributed by atoms with van der Waals surface area (Å²) in [6.45, 7) is 3.20. The highest BCUT2D eigenvalue weighted by Gasteiger charge is 2.18. The van der Waals surface area contributed by atoms with Crippen LogP contribution in [-0.4, -0.2) is 30.1 Å². The molecule has 1 aromatic carbocycles. The SMILES string of the molecule is CC(=O)c1cccc(N2CCCC(O)C2)c1. The summed E-state index contributed by atoms with van der Waals surface area (Å²) in [5.74, 6) is 0.0828. The lowest BCUT2D eigenvalue weighted by Gasteiger charge is -2.32. The maximum atomic E-state index is 11.3. The van der Waals surface area contributed by atoms with Gasteiger partial charge in [-0.25, -0.2) is 0 Å². The molecule has 1 atom stereocenters. The molecular formula is C13H17NO2. The molecule has 1 aliphatic rings. The number of ketones is 1. The zero-order chi connectivity index (χ0) is 11.5. The third kappa shape index (κ3) is 2.42. The van der Waals surface area contributed by atoms with Gasteiger partial charge in [-0.15, -0.1) is 0 Å². The lowest BCUT2D eigenvalue weighted by molar-refractivity contribution is 0.101. The standard InChI is InChI=1S/C13H17NO2/c1-10(15)11-4-2-5-12(8-11)14-7-3-6-13(16)9-14/h2,4-5,8,13,16H,3,6-7,9H2,1H3. The zero-order valence-electron chi connectivity index (χ0n) is 9.52. The molecular weight excluding hydrogens is 202 g/mol. The molecule has 0 aliphatic carbocycles. The number of nitrogens with zero attached hydrogens (tertiary/aromatic N) is 1. The Balaban J connectivity index is 2.19.